The SMILES string of the molecule is Nc1nc(/C(=N/O)C(=O)N[C@H](C(=O)O)[C@@H]2NC(C(=O)O)=C(/C=C3\CCN([C@@H]4CCNC4)C3=O)CS2)ns1. The molecule has 3 aliphatic heterocycles. The molecule has 37 heavy (non-hydrogen) atoms. The Kier molecular flexibility index (Phi) is 7.94. The van der Waals surface area contributed by atoms with Crippen molar-refractivity contribution in [2.75, 3.05) is 31.1 Å². The maximum atomic E-state index is 12.9. The first-order valence-electron chi connectivity index (χ1n) is 11.1. The molecule has 0 aromatic carbocycles. The Hall–Kier alpha value is -3.70. The van der Waals surface area contributed by atoms with Crippen molar-refractivity contribution in [1.82, 2.24) is 30.2 Å². The molecule has 1 aromatic heterocycles. The molecule has 0 spiro atoms. The fraction of sp³-hybridized carbons (Fsp3) is 0.450. The molecule has 2 amide bonds. The Morgan fingerprint density at radius 2 is 2.11 bits per heavy atom. The van der Waals surface area contributed by atoms with Gasteiger partial charge < -0.3 is 42.0 Å². The van der Waals surface area contributed by atoms with Crippen LogP contribution < -0.4 is 21.7 Å². The summed E-state index contributed by atoms with van der Waals surface area (Å²) >= 11 is 1.79. The van der Waals surface area contributed by atoms with E-state index in [1.807, 2.05) is 0 Å². The molecule has 4 rings (SSSR count). The number of amides is 2. The molecule has 0 unspecified atom stereocenters. The number of nitrogens with two attached hydrogens (primary N) is 1. The second-order valence-electron chi connectivity index (χ2n) is 8.34. The van der Waals surface area contributed by atoms with Gasteiger partial charge in [-0.25, -0.2) is 9.59 Å². The molecule has 15 nitrogen and oxygen atoms in total. The molecule has 2 saturated heterocycles. The molecule has 8 N–H and O–H groups in total. The summed E-state index contributed by atoms with van der Waals surface area (Å²) in [5.74, 6) is -4.25. The summed E-state index contributed by atoms with van der Waals surface area (Å²) < 4.78 is 3.76. The first-order valence-corrected chi connectivity index (χ1v) is 12.9. The van der Waals surface area contributed by atoms with E-state index in [-0.39, 0.29) is 34.4 Å². The fourth-order valence-electron chi connectivity index (χ4n) is 4.25. The van der Waals surface area contributed by atoms with Crippen molar-refractivity contribution in [1.29, 1.82) is 0 Å². The third-order valence-corrected chi connectivity index (χ3v) is 7.81. The number of nitrogens with one attached hydrogen (secondary N) is 3. The number of rotatable bonds is 8. The maximum Gasteiger partial charge on any atom is 0.352 e. The smallest absolute Gasteiger partial charge is 0.352 e. The van der Waals surface area contributed by atoms with Crippen molar-refractivity contribution in [2.45, 2.75) is 30.3 Å². The molecule has 2 fully saturated rings. The average molecular weight is 553 g/mol. The lowest BCUT2D eigenvalue weighted by Gasteiger charge is -2.30. The minimum Gasteiger partial charge on any atom is -0.480 e. The Labute approximate surface area is 218 Å². The van der Waals surface area contributed by atoms with E-state index in [1.54, 1.807) is 11.0 Å². The van der Waals surface area contributed by atoms with Gasteiger partial charge >= 0.3 is 11.9 Å². The summed E-state index contributed by atoms with van der Waals surface area (Å²) in [6, 6.07) is -1.51. The van der Waals surface area contributed by atoms with Crippen molar-refractivity contribution < 1.29 is 34.6 Å². The Balaban J connectivity index is 1.51. The topological polar surface area (TPSA) is 232 Å². The molecule has 0 bridgehead atoms. The standard InChI is InChI=1S/C20H24N8O7S2/c21-20-25-14(27-37-20)12(26-35)15(29)23-13(19(33)34)16-24-11(18(31)32)9(7-36-16)5-8-2-4-28(17(8)30)10-1-3-22-6-10/h5,10,13,16,22,24,35H,1-4,6-7H2,(H,23,29)(H,31,32)(H,33,34)(H2,21,25,27)/b8-5+,26-12-/t10-,13+,16-/m1/s1. The zero-order chi connectivity index (χ0) is 26.7. The summed E-state index contributed by atoms with van der Waals surface area (Å²) in [4.78, 5) is 55.0. The lowest BCUT2D eigenvalue weighted by molar-refractivity contribution is -0.141. The number of oxime groups is 1. The van der Waals surface area contributed by atoms with Gasteiger partial charge in [0.25, 0.3) is 5.91 Å². The average Bonchev–Trinajstić information content (AvgIpc) is 3.61. The number of nitrogen functional groups attached to an aromatic ring is 1. The third-order valence-electron chi connectivity index (χ3n) is 6.05. The molecule has 3 atom stereocenters. The van der Waals surface area contributed by atoms with Crippen LogP contribution in [0, 0.1) is 0 Å². The van der Waals surface area contributed by atoms with E-state index in [1.165, 1.54) is 0 Å². The first kappa shape index (κ1) is 26.4. The van der Waals surface area contributed by atoms with Gasteiger partial charge in [-0.15, -0.1) is 11.8 Å². The summed E-state index contributed by atoms with van der Waals surface area (Å²) in [6.45, 7) is 2.11. The van der Waals surface area contributed by atoms with Gasteiger partial charge in [-0.3, -0.25) is 9.59 Å². The molecule has 0 aliphatic carbocycles. The third kappa shape index (κ3) is 5.67. The second-order valence-corrected chi connectivity index (χ2v) is 10.3. The van der Waals surface area contributed by atoms with Crippen LogP contribution in [0.15, 0.2) is 28.1 Å². The van der Waals surface area contributed by atoms with Crippen LogP contribution in [-0.2, 0) is 19.2 Å². The van der Waals surface area contributed by atoms with Crippen molar-refractivity contribution in [3.8, 4) is 0 Å². The minimum absolute atomic E-state index is 0.00453. The van der Waals surface area contributed by atoms with Crippen LogP contribution >= 0.6 is 23.3 Å². The van der Waals surface area contributed by atoms with Crippen LogP contribution in [0.2, 0.25) is 0 Å². The number of anilines is 1. The molecule has 0 saturated carbocycles. The fourth-order valence-corrected chi connectivity index (χ4v) is 5.85. The van der Waals surface area contributed by atoms with Crippen LogP contribution in [-0.4, -0.2) is 102 Å². The van der Waals surface area contributed by atoms with E-state index in [4.69, 9.17) is 5.73 Å². The van der Waals surface area contributed by atoms with Gasteiger partial charge in [0.05, 0.1) is 0 Å². The molecule has 0 radical (unpaired) electrons. The molecular weight excluding hydrogens is 528 g/mol. The second kappa shape index (κ2) is 11.1. The number of carboxylic acids is 2. The van der Waals surface area contributed by atoms with Gasteiger partial charge in [0.15, 0.2) is 11.2 Å². The highest BCUT2D eigenvalue weighted by atomic mass is 32.2. The molecular formula is C20H24N8O7S2. The van der Waals surface area contributed by atoms with Crippen LogP contribution in [0.25, 0.3) is 0 Å². The highest BCUT2D eigenvalue weighted by Gasteiger charge is 2.38. The number of aromatic nitrogens is 2. The first-order chi connectivity index (χ1) is 17.7. The number of hydrogen-bond donors (Lipinski definition) is 7. The quantitative estimate of drug-likeness (QED) is 0.0833. The van der Waals surface area contributed by atoms with Crippen molar-refractivity contribution in [2.24, 2.45) is 5.16 Å². The van der Waals surface area contributed by atoms with E-state index in [2.05, 4.69) is 30.5 Å². The molecule has 3 aliphatic rings. The molecule has 1 aromatic rings. The van der Waals surface area contributed by atoms with Gasteiger partial charge in [0.1, 0.15) is 11.1 Å². The highest BCUT2D eigenvalue weighted by Crippen LogP contribution is 2.29. The number of nitrogens with zero attached hydrogens (tertiary/aromatic N) is 4. The number of aliphatic carboxylic acids is 2. The normalized spacial score (nSPS) is 24.3. The van der Waals surface area contributed by atoms with Gasteiger partial charge in [-0.2, -0.15) is 9.36 Å². The lowest BCUT2D eigenvalue weighted by atomic mass is 10.1. The zero-order valence-electron chi connectivity index (χ0n) is 19.2. The summed E-state index contributed by atoms with van der Waals surface area (Å²) in [5.41, 5.74) is 5.38. The Bertz CT molecular complexity index is 1210. The predicted molar refractivity (Wildman–Crippen MR) is 132 cm³/mol. The largest absolute Gasteiger partial charge is 0.480 e. The van der Waals surface area contributed by atoms with E-state index in [9.17, 15) is 34.6 Å². The van der Waals surface area contributed by atoms with Gasteiger partial charge in [0, 0.05) is 42.0 Å². The summed E-state index contributed by atoms with van der Waals surface area (Å²) in [7, 11) is 0. The summed E-state index contributed by atoms with van der Waals surface area (Å²) in [6.07, 6.45) is 2.89. The monoisotopic (exact) mass is 552 g/mol. The molecule has 17 heteroatoms. The van der Waals surface area contributed by atoms with E-state index >= 15 is 0 Å². The number of likely N-dealkylation sites (tertiary alicyclic amines) is 1. The van der Waals surface area contributed by atoms with Crippen LogP contribution in [0.1, 0.15) is 18.7 Å². The lowest BCUT2D eigenvalue weighted by Crippen LogP contribution is -2.55. The number of hydrogen-bond acceptors (Lipinski definition) is 13. The van der Waals surface area contributed by atoms with Gasteiger partial charge in [0.2, 0.25) is 17.4 Å². The number of carbonyl (C=O) groups is 4. The van der Waals surface area contributed by atoms with E-state index < -0.39 is 35.0 Å². The number of thioether (sulfide) groups is 1. The van der Waals surface area contributed by atoms with Crippen molar-refractivity contribution in [3.63, 3.8) is 0 Å². The van der Waals surface area contributed by atoms with Crippen molar-refractivity contribution in [3.05, 3.63) is 28.7 Å². The minimum atomic E-state index is -1.62. The van der Waals surface area contributed by atoms with Crippen LogP contribution in [0.5, 0.6) is 0 Å². The maximum absolute atomic E-state index is 12.9. The molecule has 4 heterocycles. The number of allylic oxidation sites excluding steroid dienone is 1. The number of carboxylic acid groups (broad SMARTS) is 2. The predicted octanol–water partition coefficient (Wildman–Crippen LogP) is -1.61. The Morgan fingerprint density at radius 3 is 2.70 bits per heavy atom. The molecule has 198 valence electrons. The van der Waals surface area contributed by atoms with Crippen LogP contribution in [0.4, 0.5) is 5.13 Å². The number of carbonyl (C=O) groups excluding carboxylic acids is 2. The van der Waals surface area contributed by atoms with E-state index in [0.29, 0.717) is 24.1 Å². The van der Waals surface area contributed by atoms with Crippen LogP contribution in [0.3, 0.4) is 0 Å². The van der Waals surface area contributed by atoms with Gasteiger partial charge in [-0.05, 0) is 31.0 Å². The zero-order valence-corrected chi connectivity index (χ0v) is 20.8. The van der Waals surface area contributed by atoms with E-state index in [0.717, 1.165) is 42.8 Å². The summed E-state index contributed by atoms with van der Waals surface area (Å²) in [5, 5.41) is 38.6. The highest BCUT2D eigenvalue weighted by molar-refractivity contribution is 8.00. The van der Waals surface area contributed by atoms with Crippen molar-refractivity contribution >= 4 is 57.9 Å². The van der Waals surface area contributed by atoms with Gasteiger partial charge in [-0.1, -0.05) is 5.16 Å². The Morgan fingerprint density at radius 1 is 1.32 bits per heavy atom.